The van der Waals surface area contributed by atoms with Crippen molar-refractivity contribution in [3.05, 3.63) is 29.8 Å². The summed E-state index contributed by atoms with van der Waals surface area (Å²) in [5.74, 6) is -1.50. The van der Waals surface area contributed by atoms with Gasteiger partial charge < -0.3 is 5.11 Å². The van der Waals surface area contributed by atoms with Crippen molar-refractivity contribution in [1.29, 1.82) is 0 Å². The first-order valence-corrected chi connectivity index (χ1v) is 7.99. The van der Waals surface area contributed by atoms with Crippen molar-refractivity contribution in [1.82, 2.24) is 4.72 Å². The number of aliphatic carboxylic acids is 1. The molecule has 7 heteroatoms. The Morgan fingerprint density at radius 2 is 1.95 bits per heavy atom. The van der Waals surface area contributed by atoms with Gasteiger partial charge in [-0.3, -0.25) is 9.59 Å². The number of benzene rings is 1. The van der Waals surface area contributed by atoms with Crippen molar-refractivity contribution < 1.29 is 23.1 Å². The van der Waals surface area contributed by atoms with Crippen LogP contribution in [0.5, 0.6) is 0 Å². The van der Waals surface area contributed by atoms with E-state index >= 15 is 0 Å². The molecule has 1 aromatic rings. The molecule has 0 bridgehead atoms. The van der Waals surface area contributed by atoms with Crippen molar-refractivity contribution in [3.8, 4) is 0 Å². The van der Waals surface area contributed by atoms with Gasteiger partial charge in [0, 0.05) is 5.56 Å². The van der Waals surface area contributed by atoms with Crippen LogP contribution in [0.3, 0.4) is 0 Å². The van der Waals surface area contributed by atoms with E-state index in [0.29, 0.717) is 6.42 Å². The normalized spacial score (nSPS) is 14.4. The number of ketones is 1. The maximum absolute atomic E-state index is 12.3. The lowest BCUT2D eigenvalue weighted by atomic mass is 9.98. The van der Waals surface area contributed by atoms with Gasteiger partial charge in [0.05, 0.1) is 4.90 Å². The third kappa shape index (κ3) is 4.12. The SMILES string of the molecule is CCCC(C)(NS(=O)(=O)c1cccc(C(C)=O)c1)C(=O)O. The summed E-state index contributed by atoms with van der Waals surface area (Å²) in [4.78, 5) is 22.5. The van der Waals surface area contributed by atoms with E-state index in [9.17, 15) is 23.1 Å². The van der Waals surface area contributed by atoms with E-state index < -0.39 is 21.5 Å². The highest BCUT2D eigenvalue weighted by Crippen LogP contribution is 2.19. The molecule has 0 heterocycles. The van der Waals surface area contributed by atoms with Gasteiger partial charge in [-0.15, -0.1) is 0 Å². The van der Waals surface area contributed by atoms with E-state index in [-0.39, 0.29) is 22.7 Å². The summed E-state index contributed by atoms with van der Waals surface area (Å²) < 4.78 is 26.8. The Hall–Kier alpha value is -1.73. The maximum atomic E-state index is 12.3. The van der Waals surface area contributed by atoms with Gasteiger partial charge in [-0.2, -0.15) is 4.72 Å². The van der Waals surface area contributed by atoms with Gasteiger partial charge in [0.15, 0.2) is 5.78 Å². The number of carbonyl (C=O) groups is 2. The minimum Gasteiger partial charge on any atom is -0.480 e. The molecule has 0 saturated heterocycles. The smallest absolute Gasteiger partial charge is 0.324 e. The van der Waals surface area contributed by atoms with Crippen LogP contribution in [0, 0.1) is 0 Å². The van der Waals surface area contributed by atoms with Crippen LogP contribution in [0.25, 0.3) is 0 Å². The number of rotatable bonds is 7. The zero-order valence-corrected chi connectivity index (χ0v) is 13.0. The lowest BCUT2D eigenvalue weighted by Gasteiger charge is -2.25. The Morgan fingerprint density at radius 3 is 2.43 bits per heavy atom. The van der Waals surface area contributed by atoms with Crippen molar-refractivity contribution in [3.63, 3.8) is 0 Å². The molecule has 1 unspecified atom stereocenters. The molecule has 116 valence electrons. The minimum absolute atomic E-state index is 0.126. The molecule has 0 radical (unpaired) electrons. The Morgan fingerprint density at radius 1 is 1.33 bits per heavy atom. The average Bonchev–Trinajstić information content (AvgIpc) is 2.38. The third-order valence-corrected chi connectivity index (χ3v) is 4.73. The maximum Gasteiger partial charge on any atom is 0.324 e. The summed E-state index contributed by atoms with van der Waals surface area (Å²) in [5, 5.41) is 9.24. The van der Waals surface area contributed by atoms with Crippen LogP contribution >= 0.6 is 0 Å². The molecule has 0 aliphatic rings. The van der Waals surface area contributed by atoms with Crippen LogP contribution in [0.1, 0.15) is 44.0 Å². The fraction of sp³-hybridized carbons (Fsp3) is 0.429. The molecule has 6 nitrogen and oxygen atoms in total. The van der Waals surface area contributed by atoms with Crippen LogP contribution in [0.15, 0.2) is 29.2 Å². The van der Waals surface area contributed by atoms with Crippen molar-refractivity contribution in [2.75, 3.05) is 0 Å². The van der Waals surface area contributed by atoms with E-state index in [1.807, 2.05) is 0 Å². The first kappa shape index (κ1) is 17.3. The third-order valence-electron chi connectivity index (χ3n) is 3.13. The zero-order chi connectivity index (χ0) is 16.3. The number of carboxylic acids is 1. The zero-order valence-electron chi connectivity index (χ0n) is 12.2. The van der Waals surface area contributed by atoms with Crippen LogP contribution in [0.4, 0.5) is 0 Å². The first-order valence-electron chi connectivity index (χ1n) is 6.51. The second-order valence-corrected chi connectivity index (χ2v) is 6.76. The summed E-state index contributed by atoms with van der Waals surface area (Å²) >= 11 is 0. The summed E-state index contributed by atoms with van der Waals surface area (Å²) in [6, 6.07) is 5.51. The molecular formula is C14H19NO5S. The number of Topliss-reactive ketones (excluding diaryl/α,β-unsaturated/α-hetero) is 1. The Kier molecular flexibility index (Phi) is 5.25. The predicted octanol–water partition coefficient (Wildman–Crippen LogP) is 1.81. The Balaban J connectivity index is 3.19. The predicted molar refractivity (Wildman–Crippen MR) is 77.7 cm³/mol. The van der Waals surface area contributed by atoms with E-state index in [1.165, 1.54) is 38.1 Å². The van der Waals surface area contributed by atoms with E-state index in [2.05, 4.69) is 4.72 Å². The average molecular weight is 313 g/mol. The van der Waals surface area contributed by atoms with E-state index in [0.717, 1.165) is 0 Å². The first-order chi connectivity index (χ1) is 9.62. The fourth-order valence-corrected chi connectivity index (χ4v) is 3.38. The monoisotopic (exact) mass is 313 g/mol. The van der Waals surface area contributed by atoms with Crippen LogP contribution in [-0.4, -0.2) is 30.8 Å². The highest BCUT2D eigenvalue weighted by atomic mass is 32.2. The van der Waals surface area contributed by atoms with Gasteiger partial charge >= 0.3 is 5.97 Å². The number of nitrogens with one attached hydrogen (secondary N) is 1. The van der Waals surface area contributed by atoms with Crippen LogP contribution in [0.2, 0.25) is 0 Å². The van der Waals surface area contributed by atoms with Gasteiger partial charge in [-0.1, -0.05) is 25.5 Å². The summed E-state index contributed by atoms with van der Waals surface area (Å²) in [5.41, 5.74) is -1.33. The summed E-state index contributed by atoms with van der Waals surface area (Å²) in [7, 11) is -4.02. The standard InChI is InChI=1S/C14H19NO5S/c1-4-8-14(3,13(17)18)15-21(19,20)12-7-5-6-11(9-12)10(2)16/h5-7,9,15H,4,8H2,1-3H3,(H,17,18). The molecule has 1 atom stereocenters. The number of hydrogen-bond donors (Lipinski definition) is 2. The number of carboxylic acid groups (broad SMARTS) is 1. The summed E-state index contributed by atoms with van der Waals surface area (Å²) in [6.07, 6.45) is 0.673. The highest BCUT2D eigenvalue weighted by Gasteiger charge is 2.37. The van der Waals surface area contributed by atoms with Gasteiger partial charge in [-0.25, -0.2) is 8.42 Å². The quantitative estimate of drug-likeness (QED) is 0.748. The summed E-state index contributed by atoms with van der Waals surface area (Å²) in [6.45, 7) is 4.43. The second-order valence-electron chi connectivity index (χ2n) is 5.08. The van der Waals surface area contributed by atoms with Crippen molar-refractivity contribution in [2.24, 2.45) is 0 Å². The molecule has 0 aliphatic heterocycles. The van der Waals surface area contributed by atoms with E-state index in [1.54, 1.807) is 6.92 Å². The van der Waals surface area contributed by atoms with Gasteiger partial charge in [0.25, 0.3) is 0 Å². The number of sulfonamides is 1. The molecule has 0 fully saturated rings. The van der Waals surface area contributed by atoms with Gasteiger partial charge in [-0.05, 0) is 32.4 Å². The van der Waals surface area contributed by atoms with Crippen LogP contribution < -0.4 is 4.72 Å². The van der Waals surface area contributed by atoms with Crippen molar-refractivity contribution in [2.45, 2.75) is 44.0 Å². The Labute approximate surface area is 124 Å². The Bertz CT molecular complexity index is 653. The second kappa shape index (κ2) is 6.36. The van der Waals surface area contributed by atoms with Crippen molar-refractivity contribution >= 4 is 21.8 Å². The molecule has 0 aromatic heterocycles. The molecule has 21 heavy (non-hydrogen) atoms. The molecule has 1 rings (SSSR count). The molecule has 0 aliphatic carbocycles. The molecule has 0 amide bonds. The molecule has 0 saturated carbocycles. The van der Waals surface area contributed by atoms with Crippen LogP contribution in [-0.2, 0) is 14.8 Å². The molecule has 1 aromatic carbocycles. The molecule has 2 N–H and O–H groups in total. The van der Waals surface area contributed by atoms with Gasteiger partial charge in [0.1, 0.15) is 5.54 Å². The highest BCUT2D eigenvalue weighted by molar-refractivity contribution is 7.89. The minimum atomic E-state index is -4.02. The topological polar surface area (TPSA) is 101 Å². The lowest BCUT2D eigenvalue weighted by molar-refractivity contribution is -0.143. The molecule has 0 spiro atoms. The fourth-order valence-electron chi connectivity index (χ4n) is 1.94. The largest absolute Gasteiger partial charge is 0.480 e. The molecular weight excluding hydrogens is 294 g/mol. The number of carbonyl (C=O) groups excluding carboxylic acids is 1. The number of hydrogen-bond acceptors (Lipinski definition) is 4. The van der Waals surface area contributed by atoms with Gasteiger partial charge in [0.2, 0.25) is 10.0 Å². The van der Waals surface area contributed by atoms with E-state index in [4.69, 9.17) is 0 Å². The lowest BCUT2D eigenvalue weighted by Crippen LogP contribution is -2.51.